The molecule has 0 fully saturated rings. The van der Waals surface area contributed by atoms with Crippen molar-refractivity contribution in [1.29, 1.82) is 0 Å². The number of aromatic nitrogens is 2. The zero-order chi connectivity index (χ0) is 11.0. The molecule has 0 aliphatic heterocycles. The summed E-state index contributed by atoms with van der Waals surface area (Å²) in [5.74, 6) is 0.789. The molecule has 0 radical (unpaired) electrons. The number of ether oxygens (including phenoxy) is 1. The van der Waals surface area contributed by atoms with Gasteiger partial charge >= 0.3 is 0 Å². The number of nitrogens with two attached hydrogens (primary N) is 1. The number of hydrogen-bond acceptors (Lipinski definition) is 3. The number of nitrogens with one attached hydrogen (secondary N) is 1. The summed E-state index contributed by atoms with van der Waals surface area (Å²) < 4.78 is 6.13. The normalized spacial score (nSPS) is 13.3. The topological polar surface area (TPSA) is 63.9 Å². The number of halogens is 1. The van der Waals surface area contributed by atoms with E-state index in [0.717, 1.165) is 21.3 Å². The van der Waals surface area contributed by atoms with Gasteiger partial charge in [-0.3, -0.25) is 0 Å². The molecule has 0 saturated carbocycles. The van der Waals surface area contributed by atoms with Gasteiger partial charge in [-0.2, -0.15) is 0 Å². The Labute approximate surface area is 96.0 Å². The van der Waals surface area contributed by atoms with Crippen molar-refractivity contribution in [2.75, 3.05) is 12.8 Å². The van der Waals surface area contributed by atoms with E-state index in [1.54, 1.807) is 7.11 Å². The summed E-state index contributed by atoms with van der Waals surface area (Å²) in [5, 5.41) is 0. The Balaban J connectivity index is 2.60. The van der Waals surface area contributed by atoms with Crippen LogP contribution in [0.2, 0.25) is 0 Å². The molecule has 2 rings (SSSR count). The van der Waals surface area contributed by atoms with Crippen LogP contribution in [0.4, 0.5) is 5.69 Å². The van der Waals surface area contributed by atoms with E-state index in [2.05, 4.69) is 25.9 Å². The second-order valence-electron chi connectivity index (χ2n) is 3.39. The SMILES string of the molecule is COC(C)c1nc2c(N)cc(Br)cc2[nH]1. The number of fused-ring (bicyclic) bond motifs is 1. The van der Waals surface area contributed by atoms with Gasteiger partial charge in [0.25, 0.3) is 0 Å². The average Bonchev–Trinajstić information content (AvgIpc) is 2.60. The summed E-state index contributed by atoms with van der Waals surface area (Å²) >= 11 is 3.39. The van der Waals surface area contributed by atoms with Gasteiger partial charge in [-0.05, 0) is 19.1 Å². The fourth-order valence-electron chi connectivity index (χ4n) is 1.43. The van der Waals surface area contributed by atoms with Crippen molar-refractivity contribution in [3.8, 4) is 0 Å². The highest BCUT2D eigenvalue weighted by Crippen LogP contribution is 2.26. The maximum absolute atomic E-state index is 5.86. The molecule has 0 aliphatic carbocycles. The van der Waals surface area contributed by atoms with Crippen molar-refractivity contribution in [3.63, 3.8) is 0 Å². The fourth-order valence-corrected chi connectivity index (χ4v) is 1.91. The van der Waals surface area contributed by atoms with Crippen LogP contribution in [-0.4, -0.2) is 17.1 Å². The molecule has 5 heteroatoms. The lowest BCUT2D eigenvalue weighted by Crippen LogP contribution is -1.97. The number of benzene rings is 1. The molecular weight excluding hydrogens is 258 g/mol. The third-order valence-corrected chi connectivity index (χ3v) is 2.80. The molecule has 4 nitrogen and oxygen atoms in total. The maximum Gasteiger partial charge on any atom is 0.136 e. The van der Waals surface area contributed by atoms with Crippen molar-refractivity contribution in [1.82, 2.24) is 9.97 Å². The number of nitrogens with zero attached hydrogens (tertiary/aromatic N) is 1. The fraction of sp³-hybridized carbons (Fsp3) is 0.300. The van der Waals surface area contributed by atoms with Gasteiger partial charge in [0.1, 0.15) is 17.4 Å². The number of nitrogen functional groups attached to an aromatic ring is 1. The molecule has 1 unspecified atom stereocenters. The van der Waals surface area contributed by atoms with Gasteiger partial charge in [-0.1, -0.05) is 15.9 Å². The quantitative estimate of drug-likeness (QED) is 0.824. The first kappa shape index (κ1) is 10.4. The third-order valence-electron chi connectivity index (χ3n) is 2.34. The molecular formula is C10H12BrN3O. The van der Waals surface area contributed by atoms with E-state index >= 15 is 0 Å². The summed E-state index contributed by atoms with van der Waals surface area (Å²) in [7, 11) is 1.65. The monoisotopic (exact) mass is 269 g/mol. The third kappa shape index (κ3) is 1.85. The lowest BCUT2D eigenvalue weighted by atomic mass is 10.3. The van der Waals surface area contributed by atoms with E-state index in [0.29, 0.717) is 5.69 Å². The molecule has 1 aromatic heterocycles. The van der Waals surface area contributed by atoms with Gasteiger partial charge in [-0.15, -0.1) is 0 Å². The van der Waals surface area contributed by atoms with E-state index in [4.69, 9.17) is 10.5 Å². The number of hydrogen-bond donors (Lipinski definition) is 2. The molecule has 1 heterocycles. The lowest BCUT2D eigenvalue weighted by molar-refractivity contribution is 0.113. The Hall–Kier alpha value is -1.07. The lowest BCUT2D eigenvalue weighted by Gasteiger charge is -2.03. The van der Waals surface area contributed by atoms with Crippen LogP contribution in [0.1, 0.15) is 18.9 Å². The number of H-pyrrole nitrogens is 1. The molecule has 80 valence electrons. The van der Waals surface area contributed by atoms with Gasteiger partial charge in [0, 0.05) is 11.6 Å². The number of methoxy groups -OCH3 is 1. The van der Waals surface area contributed by atoms with E-state index in [-0.39, 0.29) is 6.10 Å². The van der Waals surface area contributed by atoms with Crippen LogP contribution < -0.4 is 5.73 Å². The summed E-state index contributed by atoms with van der Waals surface area (Å²) in [6.07, 6.45) is -0.0597. The first-order valence-corrected chi connectivity index (χ1v) is 5.38. The zero-order valence-electron chi connectivity index (χ0n) is 8.54. The number of aromatic amines is 1. The smallest absolute Gasteiger partial charge is 0.136 e. The van der Waals surface area contributed by atoms with Crippen molar-refractivity contribution in [2.24, 2.45) is 0 Å². The highest BCUT2D eigenvalue weighted by molar-refractivity contribution is 9.10. The van der Waals surface area contributed by atoms with Crippen molar-refractivity contribution in [2.45, 2.75) is 13.0 Å². The predicted molar refractivity (Wildman–Crippen MR) is 63.6 cm³/mol. The van der Waals surface area contributed by atoms with E-state index in [1.807, 2.05) is 19.1 Å². The largest absolute Gasteiger partial charge is 0.397 e. The Kier molecular flexibility index (Phi) is 2.67. The van der Waals surface area contributed by atoms with Crippen molar-refractivity contribution >= 4 is 32.7 Å². The van der Waals surface area contributed by atoms with Gasteiger partial charge < -0.3 is 15.5 Å². The molecule has 2 aromatic rings. The van der Waals surface area contributed by atoms with Crippen LogP contribution in [0.15, 0.2) is 16.6 Å². The summed E-state index contributed by atoms with van der Waals surface area (Å²) in [6, 6.07) is 3.79. The second-order valence-corrected chi connectivity index (χ2v) is 4.31. The Morgan fingerprint density at radius 3 is 2.93 bits per heavy atom. The highest BCUT2D eigenvalue weighted by atomic mass is 79.9. The molecule has 0 bridgehead atoms. The van der Waals surface area contributed by atoms with Crippen molar-refractivity contribution < 1.29 is 4.74 Å². The minimum Gasteiger partial charge on any atom is -0.397 e. The Bertz CT molecular complexity index is 495. The molecule has 0 aliphatic rings. The minimum atomic E-state index is -0.0597. The van der Waals surface area contributed by atoms with Crippen LogP contribution in [0.3, 0.4) is 0 Å². The molecule has 15 heavy (non-hydrogen) atoms. The van der Waals surface area contributed by atoms with E-state index < -0.39 is 0 Å². The maximum atomic E-state index is 5.86. The molecule has 0 saturated heterocycles. The summed E-state index contributed by atoms with van der Waals surface area (Å²) in [6.45, 7) is 1.93. The first-order valence-electron chi connectivity index (χ1n) is 4.59. The second kappa shape index (κ2) is 3.83. The highest BCUT2D eigenvalue weighted by Gasteiger charge is 2.11. The number of imidazole rings is 1. The first-order chi connectivity index (χ1) is 7.11. The Morgan fingerprint density at radius 2 is 2.27 bits per heavy atom. The van der Waals surface area contributed by atoms with E-state index in [9.17, 15) is 0 Å². The zero-order valence-corrected chi connectivity index (χ0v) is 10.1. The summed E-state index contributed by atoms with van der Waals surface area (Å²) in [4.78, 5) is 7.58. The van der Waals surface area contributed by atoms with Crippen LogP contribution in [-0.2, 0) is 4.74 Å². The van der Waals surface area contributed by atoms with Crippen LogP contribution >= 0.6 is 15.9 Å². The molecule has 3 N–H and O–H groups in total. The minimum absolute atomic E-state index is 0.0597. The number of anilines is 1. The number of rotatable bonds is 2. The van der Waals surface area contributed by atoms with Crippen LogP contribution in [0.5, 0.6) is 0 Å². The van der Waals surface area contributed by atoms with Gasteiger partial charge in [0.2, 0.25) is 0 Å². The standard InChI is InChI=1S/C10H12BrN3O/c1-5(15-2)10-13-8-4-6(11)3-7(12)9(8)14-10/h3-5H,12H2,1-2H3,(H,13,14). The van der Waals surface area contributed by atoms with Crippen molar-refractivity contribution in [3.05, 3.63) is 22.4 Å². The molecule has 0 spiro atoms. The van der Waals surface area contributed by atoms with Gasteiger partial charge in [0.05, 0.1) is 11.2 Å². The Morgan fingerprint density at radius 1 is 1.53 bits per heavy atom. The molecule has 1 aromatic carbocycles. The molecule has 1 atom stereocenters. The van der Waals surface area contributed by atoms with Gasteiger partial charge in [-0.25, -0.2) is 4.98 Å². The van der Waals surface area contributed by atoms with E-state index in [1.165, 1.54) is 0 Å². The molecule has 0 amide bonds. The average molecular weight is 270 g/mol. The van der Waals surface area contributed by atoms with Crippen LogP contribution in [0, 0.1) is 0 Å². The summed E-state index contributed by atoms with van der Waals surface area (Å²) in [5.41, 5.74) is 8.22. The van der Waals surface area contributed by atoms with Crippen LogP contribution in [0.25, 0.3) is 11.0 Å². The predicted octanol–water partition coefficient (Wildman–Crippen LogP) is 2.62. The van der Waals surface area contributed by atoms with Gasteiger partial charge in [0.15, 0.2) is 0 Å².